The van der Waals surface area contributed by atoms with Gasteiger partial charge in [-0.15, -0.1) is 0 Å². The minimum absolute atomic E-state index is 0.0877. The van der Waals surface area contributed by atoms with Crippen LogP contribution in [0.1, 0.15) is 26.2 Å². The first-order valence-corrected chi connectivity index (χ1v) is 8.34. The minimum atomic E-state index is -4.25. The molecule has 21 heavy (non-hydrogen) atoms. The van der Waals surface area contributed by atoms with Crippen molar-refractivity contribution in [2.45, 2.75) is 37.6 Å². The molecule has 1 fully saturated rings. The molecule has 4 nitrogen and oxygen atoms in total. The molecule has 0 aliphatic carbocycles. The van der Waals surface area contributed by atoms with Crippen LogP contribution in [0.15, 0.2) is 4.99 Å². The zero-order valence-corrected chi connectivity index (χ0v) is 13.2. The predicted molar refractivity (Wildman–Crippen MR) is 81.0 cm³/mol. The number of hydrogen-bond acceptors (Lipinski definition) is 3. The number of rotatable bonds is 8. The Labute approximate surface area is 128 Å². The third-order valence-electron chi connectivity index (χ3n) is 2.84. The highest BCUT2D eigenvalue weighted by Gasteiger charge is 2.27. The van der Waals surface area contributed by atoms with Crippen molar-refractivity contribution in [3.05, 3.63) is 0 Å². The number of nitrogens with one attached hydrogen (secondary N) is 2. The van der Waals surface area contributed by atoms with Crippen LogP contribution in [-0.4, -0.2) is 56.0 Å². The standard InChI is InChI=1S/C13H24F3N3OS/c1-2-17-12(19-9-11-5-3-8-21-11)18-6-4-7-20-10-13(14,15)16/h11H,2-10H2,1H3,(H2,17,18,19). The lowest BCUT2D eigenvalue weighted by atomic mass is 10.2. The molecule has 0 aromatic carbocycles. The Bertz CT molecular complexity index is 308. The van der Waals surface area contributed by atoms with Gasteiger partial charge < -0.3 is 15.4 Å². The normalized spacial score (nSPS) is 19.8. The van der Waals surface area contributed by atoms with Gasteiger partial charge in [0.15, 0.2) is 5.96 Å². The number of alkyl halides is 3. The molecule has 8 heteroatoms. The second-order valence-corrected chi connectivity index (χ2v) is 6.21. The van der Waals surface area contributed by atoms with E-state index in [1.165, 1.54) is 18.6 Å². The van der Waals surface area contributed by atoms with E-state index in [2.05, 4.69) is 20.4 Å². The number of nitrogens with zero attached hydrogens (tertiary/aromatic N) is 1. The molecule has 1 heterocycles. The highest BCUT2D eigenvalue weighted by atomic mass is 32.2. The quantitative estimate of drug-likeness (QED) is 0.408. The number of ether oxygens (including phenoxy) is 1. The summed E-state index contributed by atoms with van der Waals surface area (Å²) in [5, 5.41) is 6.83. The highest BCUT2D eigenvalue weighted by molar-refractivity contribution is 8.00. The first kappa shape index (κ1) is 18.4. The molecule has 1 aliphatic heterocycles. The molecule has 1 rings (SSSR count). The lowest BCUT2D eigenvalue weighted by Crippen LogP contribution is -2.38. The molecule has 0 spiro atoms. The first-order chi connectivity index (χ1) is 10.0. The van der Waals surface area contributed by atoms with Crippen molar-refractivity contribution in [2.24, 2.45) is 4.99 Å². The summed E-state index contributed by atoms with van der Waals surface area (Å²) in [6, 6.07) is 0. The third-order valence-corrected chi connectivity index (χ3v) is 4.23. The molecule has 1 atom stereocenters. The third kappa shape index (κ3) is 9.84. The summed E-state index contributed by atoms with van der Waals surface area (Å²) >= 11 is 1.95. The summed E-state index contributed by atoms with van der Waals surface area (Å²) < 4.78 is 40.2. The van der Waals surface area contributed by atoms with Crippen LogP contribution in [0.25, 0.3) is 0 Å². The van der Waals surface area contributed by atoms with Gasteiger partial charge in [0.05, 0.1) is 6.54 Å². The van der Waals surface area contributed by atoms with E-state index in [0.29, 0.717) is 18.2 Å². The molecule has 0 amide bonds. The van der Waals surface area contributed by atoms with Crippen molar-refractivity contribution in [3.8, 4) is 0 Å². The second-order valence-electron chi connectivity index (χ2n) is 4.80. The fourth-order valence-corrected chi connectivity index (χ4v) is 3.07. The van der Waals surface area contributed by atoms with Gasteiger partial charge in [-0.2, -0.15) is 24.9 Å². The molecular formula is C13H24F3N3OS. The smallest absolute Gasteiger partial charge is 0.372 e. The molecule has 1 aliphatic rings. The van der Waals surface area contributed by atoms with E-state index in [1.807, 2.05) is 18.7 Å². The van der Waals surface area contributed by atoms with Crippen molar-refractivity contribution in [2.75, 3.05) is 38.6 Å². The Morgan fingerprint density at radius 3 is 2.81 bits per heavy atom. The SMILES string of the molecule is CCNC(=NCC1CCCS1)NCCCOCC(F)(F)F. The Morgan fingerprint density at radius 1 is 1.38 bits per heavy atom. The Balaban J connectivity index is 2.13. The Kier molecular flexibility index (Phi) is 8.91. The monoisotopic (exact) mass is 327 g/mol. The number of aliphatic imine (C=N–C) groups is 1. The van der Waals surface area contributed by atoms with E-state index in [0.717, 1.165) is 19.0 Å². The predicted octanol–water partition coefficient (Wildman–Crippen LogP) is 2.41. The van der Waals surface area contributed by atoms with Crippen molar-refractivity contribution < 1.29 is 17.9 Å². The van der Waals surface area contributed by atoms with Crippen LogP contribution in [-0.2, 0) is 4.74 Å². The van der Waals surface area contributed by atoms with E-state index in [-0.39, 0.29) is 6.61 Å². The van der Waals surface area contributed by atoms with Crippen molar-refractivity contribution in [3.63, 3.8) is 0 Å². The summed E-state index contributed by atoms with van der Waals surface area (Å²) in [6.45, 7) is 2.97. The summed E-state index contributed by atoms with van der Waals surface area (Å²) in [5.41, 5.74) is 0. The summed E-state index contributed by atoms with van der Waals surface area (Å²) in [6.07, 6.45) is -1.27. The van der Waals surface area contributed by atoms with Gasteiger partial charge in [0, 0.05) is 24.9 Å². The van der Waals surface area contributed by atoms with Crippen LogP contribution in [0.5, 0.6) is 0 Å². The summed E-state index contributed by atoms with van der Waals surface area (Å²) in [4.78, 5) is 4.51. The number of guanidine groups is 1. The topological polar surface area (TPSA) is 45.7 Å². The Hall–Kier alpha value is -0.630. The van der Waals surface area contributed by atoms with Crippen molar-refractivity contribution >= 4 is 17.7 Å². The zero-order chi connectivity index (χ0) is 15.6. The van der Waals surface area contributed by atoms with Crippen LogP contribution in [0.4, 0.5) is 13.2 Å². The minimum Gasteiger partial charge on any atom is -0.372 e. The van der Waals surface area contributed by atoms with Gasteiger partial charge in [-0.05, 0) is 31.9 Å². The van der Waals surface area contributed by atoms with Gasteiger partial charge in [-0.3, -0.25) is 4.99 Å². The van der Waals surface area contributed by atoms with Gasteiger partial charge >= 0.3 is 6.18 Å². The van der Waals surface area contributed by atoms with E-state index in [9.17, 15) is 13.2 Å². The van der Waals surface area contributed by atoms with Crippen LogP contribution in [0.2, 0.25) is 0 Å². The molecule has 0 saturated carbocycles. The average Bonchev–Trinajstić information content (AvgIpc) is 2.91. The van der Waals surface area contributed by atoms with E-state index < -0.39 is 12.8 Å². The van der Waals surface area contributed by atoms with Crippen LogP contribution < -0.4 is 10.6 Å². The van der Waals surface area contributed by atoms with Crippen molar-refractivity contribution in [1.82, 2.24) is 10.6 Å². The fraction of sp³-hybridized carbons (Fsp3) is 0.923. The molecule has 0 aromatic rings. The van der Waals surface area contributed by atoms with Gasteiger partial charge in [0.2, 0.25) is 0 Å². The fourth-order valence-electron chi connectivity index (χ4n) is 1.89. The number of thioether (sulfide) groups is 1. The Morgan fingerprint density at radius 2 is 2.19 bits per heavy atom. The molecule has 124 valence electrons. The first-order valence-electron chi connectivity index (χ1n) is 7.29. The average molecular weight is 327 g/mol. The van der Waals surface area contributed by atoms with Gasteiger partial charge in [0.25, 0.3) is 0 Å². The van der Waals surface area contributed by atoms with Crippen LogP contribution >= 0.6 is 11.8 Å². The largest absolute Gasteiger partial charge is 0.411 e. The van der Waals surface area contributed by atoms with Crippen LogP contribution in [0.3, 0.4) is 0 Å². The zero-order valence-electron chi connectivity index (χ0n) is 12.3. The summed E-state index contributed by atoms with van der Waals surface area (Å²) in [5.74, 6) is 1.93. The number of halogens is 3. The van der Waals surface area contributed by atoms with Crippen LogP contribution in [0, 0.1) is 0 Å². The van der Waals surface area contributed by atoms with Gasteiger partial charge in [-0.1, -0.05) is 0 Å². The van der Waals surface area contributed by atoms with E-state index in [1.54, 1.807) is 0 Å². The molecule has 0 radical (unpaired) electrons. The summed E-state index contributed by atoms with van der Waals surface area (Å²) in [7, 11) is 0. The second kappa shape index (κ2) is 10.2. The van der Waals surface area contributed by atoms with Crippen molar-refractivity contribution in [1.29, 1.82) is 0 Å². The van der Waals surface area contributed by atoms with E-state index >= 15 is 0 Å². The van der Waals surface area contributed by atoms with Gasteiger partial charge in [0.1, 0.15) is 6.61 Å². The number of hydrogen-bond donors (Lipinski definition) is 2. The lowest BCUT2D eigenvalue weighted by molar-refractivity contribution is -0.173. The maximum absolute atomic E-state index is 11.9. The van der Waals surface area contributed by atoms with E-state index in [4.69, 9.17) is 0 Å². The maximum Gasteiger partial charge on any atom is 0.411 e. The molecule has 2 N–H and O–H groups in total. The highest BCUT2D eigenvalue weighted by Crippen LogP contribution is 2.25. The molecule has 0 bridgehead atoms. The van der Waals surface area contributed by atoms with Gasteiger partial charge in [-0.25, -0.2) is 0 Å². The maximum atomic E-state index is 11.9. The molecule has 1 saturated heterocycles. The molecule has 0 aromatic heterocycles. The lowest BCUT2D eigenvalue weighted by Gasteiger charge is -2.13. The molecular weight excluding hydrogens is 303 g/mol. The molecule has 1 unspecified atom stereocenters.